The van der Waals surface area contributed by atoms with Crippen molar-refractivity contribution in [1.82, 2.24) is 5.32 Å². The summed E-state index contributed by atoms with van der Waals surface area (Å²) in [6.45, 7) is -0.328. The first-order valence-electron chi connectivity index (χ1n) is 5.20. The second-order valence-corrected chi connectivity index (χ2v) is 3.64. The van der Waals surface area contributed by atoms with Crippen LogP contribution >= 0.6 is 0 Å². The Bertz CT molecular complexity index is 510. The molecule has 0 fully saturated rings. The molecule has 102 valence electrons. The molecule has 4 nitrogen and oxygen atoms in total. The summed E-state index contributed by atoms with van der Waals surface area (Å²) in [4.78, 5) is 21.6. The minimum absolute atomic E-state index is 0.226. The van der Waals surface area contributed by atoms with E-state index in [-0.39, 0.29) is 12.1 Å². The first-order valence-corrected chi connectivity index (χ1v) is 5.20. The summed E-state index contributed by atoms with van der Waals surface area (Å²) in [5.41, 5.74) is 4.24. The predicted molar refractivity (Wildman–Crippen MR) is 62.7 cm³/mol. The van der Waals surface area contributed by atoms with Gasteiger partial charge in [-0.1, -0.05) is 12.1 Å². The zero-order valence-corrected chi connectivity index (χ0v) is 9.70. The molecule has 3 N–H and O–H groups in total. The minimum Gasteiger partial charge on any atom is -0.368 e. The van der Waals surface area contributed by atoms with Crippen molar-refractivity contribution < 1.29 is 22.8 Å². The van der Waals surface area contributed by atoms with E-state index in [4.69, 9.17) is 5.73 Å². The van der Waals surface area contributed by atoms with Crippen molar-refractivity contribution in [2.45, 2.75) is 6.18 Å². The van der Waals surface area contributed by atoms with Crippen LogP contribution in [0.4, 0.5) is 13.2 Å². The largest absolute Gasteiger partial charge is 0.416 e. The highest BCUT2D eigenvalue weighted by Crippen LogP contribution is 2.29. The van der Waals surface area contributed by atoms with E-state index < -0.39 is 23.6 Å². The number of hydrogen-bond donors (Lipinski definition) is 2. The second-order valence-electron chi connectivity index (χ2n) is 3.64. The maximum Gasteiger partial charge on any atom is 0.416 e. The van der Waals surface area contributed by atoms with Crippen molar-refractivity contribution in [2.75, 3.05) is 6.54 Å². The molecule has 19 heavy (non-hydrogen) atoms. The third-order valence-electron chi connectivity index (χ3n) is 2.08. The van der Waals surface area contributed by atoms with Crippen LogP contribution < -0.4 is 11.1 Å². The summed E-state index contributed by atoms with van der Waals surface area (Å²) in [7, 11) is 0. The number of alkyl halides is 3. The SMILES string of the molecule is NC(=O)CNC(=O)/C=C/c1cccc(C(F)(F)F)c1. The number of halogens is 3. The summed E-state index contributed by atoms with van der Waals surface area (Å²) in [5, 5.41) is 2.17. The molecule has 0 spiro atoms. The molecule has 1 aromatic rings. The molecule has 0 atom stereocenters. The molecule has 1 rings (SSSR count). The first-order chi connectivity index (χ1) is 8.79. The van der Waals surface area contributed by atoms with E-state index in [9.17, 15) is 22.8 Å². The van der Waals surface area contributed by atoms with Crippen LogP contribution in [0.5, 0.6) is 0 Å². The molecule has 7 heteroatoms. The molecule has 0 unspecified atom stereocenters. The van der Waals surface area contributed by atoms with Crippen molar-refractivity contribution >= 4 is 17.9 Å². The number of rotatable bonds is 4. The molecule has 0 saturated carbocycles. The molecule has 0 saturated heterocycles. The number of carbonyl (C=O) groups excluding carboxylic acids is 2. The lowest BCUT2D eigenvalue weighted by atomic mass is 10.1. The number of nitrogens with one attached hydrogen (secondary N) is 1. The zero-order chi connectivity index (χ0) is 14.5. The highest BCUT2D eigenvalue weighted by atomic mass is 19.4. The molecule has 2 amide bonds. The van der Waals surface area contributed by atoms with Gasteiger partial charge in [0.05, 0.1) is 12.1 Å². The molecule has 0 radical (unpaired) electrons. The van der Waals surface area contributed by atoms with Gasteiger partial charge in [-0.3, -0.25) is 9.59 Å². The van der Waals surface area contributed by atoms with E-state index in [2.05, 4.69) is 5.32 Å². The fourth-order valence-corrected chi connectivity index (χ4v) is 1.22. The lowest BCUT2D eigenvalue weighted by molar-refractivity contribution is -0.137. The average Bonchev–Trinajstić information content (AvgIpc) is 2.33. The normalized spacial score (nSPS) is 11.5. The van der Waals surface area contributed by atoms with E-state index in [0.717, 1.165) is 18.2 Å². The van der Waals surface area contributed by atoms with Crippen LogP contribution in [-0.2, 0) is 15.8 Å². The van der Waals surface area contributed by atoms with Crippen molar-refractivity contribution in [3.8, 4) is 0 Å². The summed E-state index contributed by atoms with van der Waals surface area (Å²) < 4.78 is 37.3. The summed E-state index contributed by atoms with van der Waals surface area (Å²) in [6.07, 6.45) is -2.19. The van der Waals surface area contributed by atoms with Gasteiger partial charge in [0.15, 0.2) is 0 Å². The third-order valence-corrected chi connectivity index (χ3v) is 2.08. The number of primary amides is 1. The molecule has 0 aliphatic heterocycles. The van der Waals surface area contributed by atoms with Crippen LogP contribution in [0.25, 0.3) is 6.08 Å². The summed E-state index contributed by atoms with van der Waals surface area (Å²) >= 11 is 0. The number of nitrogens with two attached hydrogens (primary N) is 1. The maximum atomic E-state index is 12.4. The van der Waals surface area contributed by atoms with Gasteiger partial charge in [0.1, 0.15) is 0 Å². The molecule has 0 heterocycles. The lowest BCUT2D eigenvalue weighted by Gasteiger charge is -2.06. The van der Waals surface area contributed by atoms with Crippen LogP contribution in [0.15, 0.2) is 30.3 Å². The van der Waals surface area contributed by atoms with Gasteiger partial charge in [-0.15, -0.1) is 0 Å². The average molecular weight is 272 g/mol. The summed E-state index contributed by atoms with van der Waals surface area (Å²) in [6, 6.07) is 4.51. The molecule has 1 aromatic carbocycles. The highest BCUT2D eigenvalue weighted by Gasteiger charge is 2.30. The molecule has 0 aliphatic rings. The number of hydrogen-bond acceptors (Lipinski definition) is 2. The smallest absolute Gasteiger partial charge is 0.368 e. The van der Waals surface area contributed by atoms with Crippen LogP contribution in [0.1, 0.15) is 11.1 Å². The Balaban J connectivity index is 2.72. The van der Waals surface area contributed by atoms with Crippen LogP contribution in [0.2, 0.25) is 0 Å². The van der Waals surface area contributed by atoms with E-state index in [1.165, 1.54) is 18.2 Å². The van der Waals surface area contributed by atoms with E-state index in [0.29, 0.717) is 0 Å². The highest BCUT2D eigenvalue weighted by molar-refractivity contribution is 5.94. The monoisotopic (exact) mass is 272 g/mol. The Morgan fingerprint density at radius 3 is 2.58 bits per heavy atom. The van der Waals surface area contributed by atoms with Gasteiger partial charge in [-0.05, 0) is 23.8 Å². The first kappa shape index (κ1) is 14.7. The Labute approximate surface area is 107 Å². The quantitative estimate of drug-likeness (QED) is 0.811. The molecular weight excluding hydrogens is 261 g/mol. The van der Waals surface area contributed by atoms with E-state index in [1.807, 2.05) is 0 Å². The predicted octanol–water partition coefficient (Wildman–Crippen LogP) is 1.32. The third kappa shape index (κ3) is 5.24. The Morgan fingerprint density at radius 1 is 1.32 bits per heavy atom. The van der Waals surface area contributed by atoms with Crippen LogP contribution in [0, 0.1) is 0 Å². The van der Waals surface area contributed by atoms with Gasteiger partial charge in [0, 0.05) is 6.08 Å². The van der Waals surface area contributed by atoms with Gasteiger partial charge < -0.3 is 11.1 Å². The lowest BCUT2D eigenvalue weighted by Crippen LogP contribution is -2.32. The number of carbonyl (C=O) groups is 2. The molecular formula is C12H11F3N2O2. The molecule has 0 aromatic heterocycles. The Hall–Kier alpha value is -2.31. The van der Waals surface area contributed by atoms with Gasteiger partial charge in [-0.2, -0.15) is 13.2 Å². The Kier molecular flexibility index (Phi) is 4.68. The van der Waals surface area contributed by atoms with Gasteiger partial charge in [-0.25, -0.2) is 0 Å². The van der Waals surface area contributed by atoms with Crippen molar-refractivity contribution in [2.24, 2.45) is 5.73 Å². The topological polar surface area (TPSA) is 72.2 Å². The fraction of sp³-hybridized carbons (Fsp3) is 0.167. The Morgan fingerprint density at radius 2 is 2.00 bits per heavy atom. The second kappa shape index (κ2) is 6.03. The van der Waals surface area contributed by atoms with Crippen molar-refractivity contribution in [3.05, 3.63) is 41.5 Å². The van der Waals surface area contributed by atoms with E-state index >= 15 is 0 Å². The zero-order valence-electron chi connectivity index (χ0n) is 9.70. The van der Waals surface area contributed by atoms with Crippen molar-refractivity contribution in [3.63, 3.8) is 0 Å². The van der Waals surface area contributed by atoms with E-state index in [1.54, 1.807) is 0 Å². The fourth-order valence-electron chi connectivity index (χ4n) is 1.22. The number of benzene rings is 1. The maximum absolute atomic E-state index is 12.4. The standard InChI is InChI=1S/C12H11F3N2O2/c13-12(14,15)9-3-1-2-8(6-9)4-5-11(19)17-7-10(16)18/h1-6H,7H2,(H2,16,18)(H,17,19)/b5-4+. The minimum atomic E-state index is -4.43. The van der Waals surface area contributed by atoms with Crippen molar-refractivity contribution in [1.29, 1.82) is 0 Å². The van der Waals surface area contributed by atoms with Crippen LogP contribution in [0.3, 0.4) is 0 Å². The summed E-state index contributed by atoms with van der Waals surface area (Å²) in [5.74, 6) is -1.32. The van der Waals surface area contributed by atoms with Gasteiger partial charge >= 0.3 is 6.18 Å². The molecule has 0 aliphatic carbocycles. The number of amides is 2. The van der Waals surface area contributed by atoms with Gasteiger partial charge in [0.25, 0.3) is 0 Å². The van der Waals surface area contributed by atoms with Crippen LogP contribution in [-0.4, -0.2) is 18.4 Å². The molecule has 0 bridgehead atoms. The van der Waals surface area contributed by atoms with Gasteiger partial charge in [0.2, 0.25) is 11.8 Å².